The third kappa shape index (κ3) is 4.46. The van der Waals surface area contributed by atoms with E-state index in [-0.39, 0.29) is 24.4 Å². The van der Waals surface area contributed by atoms with Crippen molar-refractivity contribution in [2.75, 3.05) is 6.54 Å². The van der Waals surface area contributed by atoms with Gasteiger partial charge < -0.3 is 15.1 Å². The number of nitrogens with zero attached hydrogens (tertiary/aromatic N) is 1. The molecule has 0 bridgehead atoms. The summed E-state index contributed by atoms with van der Waals surface area (Å²) in [5.41, 5.74) is 12.4. The van der Waals surface area contributed by atoms with Crippen molar-refractivity contribution in [1.29, 1.82) is 0 Å². The van der Waals surface area contributed by atoms with Gasteiger partial charge in [-0.15, -0.1) is 0 Å². The highest BCUT2D eigenvalue weighted by Crippen LogP contribution is 2.23. The van der Waals surface area contributed by atoms with E-state index in [4.69, 9.17) is 10.2 Å². The zero-order chi connectivity index (χ0) is 17.6. The quantitative estimate of drug-likeness (QED) is 0.699. The molecule has 1 aliphatic rings. The predicted molar refractivity (Wildman–Crippen MR) is 91.8 cm³/mol. The monoisotopic (exact) mass is 342 g/mol. The molecule has 2 amide bonds. The van der Waals surface area contributed by atoms with E-state index >= 15 is 0 Å². The number of nitrogens with two attached hydrogens (primary N) is 1. The fraction of sp³-hybridized carbons (Fsp3) is 0.333. The first-order valence-corrected chi connectivity index (χ1v) is 8.29. The average molecular weight is 342 g/mol. The van der Waals surface area contributed by atoms with E-state index < -0.39 is 5.91 Å². The van der Waals surface area contributed by atoms with Gasteiger partial charge in [0.15, 0.2) is 0 Å². The molecule has 4 N–H and O–H groups in total. The number of carbonyl (C=O) groups is 2. The number of hydrogen-bond donors (Lipinski definition) is 3. The van der Waals surface area contributed by atoms with E-state index in [1.54, 1.807) is 11.2 Å². The second-order valence-corrected chi connectivity index (χ2v) is 6.11. The van der Waals surface area contributed by atoms with Gasteiger partial charge in [0, 0.05) is 19.5 Å². The van der Waals surface area contributed by atoms with Crippen LogP contribution in [0.1, 0.15) is 30.2 Å². The maximum atomic E-state index is 12.9. The average Bonchev–Trinajstić information content (AvgIpc) is 3.29. The zero-order valence-corrected chi connectivity index (χ0v) is 13.9. The molecule has 132 valence electrons. The number of benzene rings is 1. The second-order valence-electron chi connectivity index (χ2n) is 6.11. The lowest BCUT2D eigenvalue weighted by Gasteiger charge is -2.25. The molecule has 25 heavy (non-hydrogen) atoms. The van der Waals surface area contributed by atoms with Crippen molar-refractivity contribution in [3.63, 3.8) is 0 Å². The molecule has 1 aliphatic heterocycles. The highest BCUT2D eigenvalue weighted by molar-refractivity contribution is 5.83. The fourth-order valence-corrected chi connectivity index (χ4v) is 2.93. The molecule has 2 unspecified atom stereocenters. The van der Waals surface area contributed by atoms with Crippen molar-refractivity contribution in [1.82, 2.24) is 15.8 Å². The first-order chi connectivity index (χ1) is 12.1. The summed E-state index contributed by atoms with van der Waals surface area (Å²) in [5, 5.41) is 0. The molecule has 0 saturated carbocycles. The molecule has 2 heterocycles. The molecule has 2 aromatic rings. The van der Waals surface area contributed by atoms with E-state index in [0.717, 1.165) is 11.3 Å². The Morgan fingerprint density at radius 1 is 1.16 bits per heavy atom. The van der Waals surface area contributed by atoms with Gasteiger partial charge in [0.05, 0.1) is 12.3 Å². The SMILES string of the molecule is NC(=O)CCN(Cc1ccccc1)C(=O)C1CC(c2ccco2)NN1. The molecule has 0 aliphatic carbocycles. The highest BCUT2D eigenvalue weighted by atomic mass is 16.3. The van der Waals surface area contributed by atoms with Crippen LogP contribution in [0.2, 0.25) is 0 Å². The number of rotatable bonds is 7. The Hall–Kier alpha value is -2.64. The smallest absolute Gasteiger partial charge is 0.241 e. The molecule has 0 radical (unpaired) electrons. The lowest BCUT2D eigenvalue weighted by molar-refractivity contribution is -0.134. The van der Waals surface area contributed by atoms with Gasteiger partial charge in [-0.3, -0.25) is 9.59 Å². The summed E-state index contributed by atoms with van der Waals surface area (Å²) < 4.78 is 5.39. The van der Waals surface area contributed by atoms with Gasteiger partial charge in [0.25, 0.3) is 0 Å². The molecule has 7 heteroatoms. The van der Waals surface area contributed by atoms with Gasteiger partial charge in [-0.1, -0.05) is 30.3 Å². The summed E-state index contributed by atoms with van der Waals surface area (Å²) in [7, 11) is 0. The Bertz CT molecular complexity index is 702. The van der Waals surface area contributed by atoms with Crippen LogP contribution in [-0.4, -0.2) is 29.3 Å². The number of carbonyl (C=O) groups excluding carboxylic acids is 2. The molecular weight excluding hydrogens is 320 g/mol. The number of amides is 2. The number of hydrogen-bond acceptors (Lipinski definition) is 5. The van der Waals surface area contributed by atoms with Crippen molar-refractivity contribution in [2.24, 2.45) is 5.73 Å². The molecule has 1 aromatic heterocycles. The maximum absolute atomic E-state index is 12.9. The largest absolute Gasteiger partial charge is 0.468 e. The van der Waals surface area contributed by atoms with E-state index in [0.29, 0.717) is 19.5 Å². The van der Waals surface area contributed by atoms with Crippen LogP contribution in [-0.2, 0) is 16.1 Å². The van der Waals surface area contributed by atoms with Gasteiger partial charge >= 0.3 is 0 Å². The number of furan rings is 1. The van der Waals surface area contributed by atoms with Gasteiger partial charge in [0.1, 0.15) is 11.8 Å². The van der Waals surface area contributed by atoms with Crippen molar-refractivity contribution in [2.45, 2.75) is 31.5 Å². The van der Waals surface area contributed by atoms with E-state index in [9.17, 15) is 9.59 Å². The van der Waals surface area contributed by atoms with Crippen molar-refractivity contribution in [3.8, 4) is 0 Å². The van der Waals surface area contributed by atoms with Gasteiger partial charge in [-0.25, -0.2) is 10.9 Å². The number of nitrogens with one attached hydrogen (secondary N) is 2. The normalized spacial score (nSPS) is 19.7. The topological polar surface area (TPSA) is 101 Å². The van der Waals surface area contributed by atoms with E-state index in [1.165, 1.54) is 0 Å². The summed E-state index contributed by atoms with van der Waals surface area (Å²) in [4.78, 5) is 25.7. The van der Waals surface area contributed by atoms with Gasteiger partial charge in [-0.05, 0) is 24.1 Å². The highest BCUT2D eigenvalue weighted by Gasteiger charge is 2.34. The first kappa shape index (κ1) is 17.2. The van der Waals surface area contributed by atoms with Crippen LogP contribution in [0.15, 0.2) is 53.1 Å². The van der Waals surface area contributed by atoms with Gasteiger partial charge in [0.2, 0.25) is 11.8 Å². The fourth-order valence-electron chi connectivity index (χ4n) is 2.93. The minimum atomic E-state index is -0.420. The minimum absolute atomic E-state index is 0.0568. The number of hydrazine groups is 1. The Morgan fingerprint density at radius 3 is 2.64 bits per heavy atom. The van der Waals surface area contributed by atoms with E-state index in [2.05, 4.69) is 10.9 Å². The summed E-state index contributed by atoms with van der Waals surface area (Å²) in [6, 6.07) is 12.9. The second kappa shape index (κ2) is 7.96. The third-order valence-corrected chi connectivity index (χ3v) is 4.24. The molecule has 1 aromatic carbocycles. The molecule has 0 spiro atoms. The van der Waals surface area contributed by atoms with Crippen LogP contribution in [0.4, 0.5) is 0 Å². The van der Waals surface area contributed by atoms with Crippen LogP contribution in [0.5, 0.6) is 0 Å². The van der Waals surface area contributed by atoms with Crippen LogP contribution in [0.3, 0.4) is 0 Å². The summed E-state index contributed by atoms with van der Waals surface area (Å²) in [6.07, 6.45) is 2.33. The lowest BCUT2D eigenvalue weighted by Crippen LogP contribution is -2.46. The summed E-state index contributed by atoms with van der Waals surface area (Å²) in [6.45, 7) is 0.739. The molecule has 1 fully saturated rings. The lowest BCUT2D eigenvalue weighted by atomic mass is 10.1. The molecule has 3 rings (SSSR count). The van der Waals surface area contributed by atoms with Crippen LogP contribution in [0, 0.1) is 0 Å². The summed E-state index contributed by atoms with van der Waals surface area (Å²) >= 11 is 0. The Labute approximate surface area is 146 Å². The molecule has 7 nitrogen and oxygen atoms in total. The maximum Gasteiger partial charge on any atom is 0.241 e. The standard InChI is InChI=1S/C18H22N4O3/c19-17(23)8-9-22(12-13-5-2-1-3-6-13)18(24)15-11-14(20-21-15)16-7-4-10-25-16/h1-7,10,14-15,20-21H,8-9,11-12H2,(H2,19,23). The summed E-state index contributed by atoms with van der Waals surface area (Å²) in [5.74, 6) is 0.304. The molecule has 1 saturated heterocycles. The van der Waals surface area contributed by atoms with Crippen LogP contribution >= 0.6 is 0 Å². The predicted octanol–water partition coefficient (Wildman–Crippen LogP) is 1.09. The van der Waals surface area contributed by atoms with Crippen molar-refractivity contribution < 1.29 is 14.0 Å². The first-order valence-electron chi connectivity index (χ1n) is 8.29. The number of primary amides is 1. The van der Waals surface area contributed by atoms with Gasteiger partial charge in [-0.2, -0.15) is 0 Å². The Balaban J connectivity index is 1.67. The van der Waals surface area contributed by atoms with Crippen LogP contribution in [0.25, 0.3) is 0 Å². The van der Waals surface area contributed by atoms with Crippen molar-refractivity contribution >= 4 is 11.8 Å². The van der Waals surface area contributed by atoms with E-state index in [1.807, 2.05) is 42.5 Å². The Morgan fingerprint density at radius 2 is 1.96 bits per heavy atom. The minimum Gasteiger partial charge on any atom is -0.468 e. The van der Waals surface area contributed by atoms with Crippen LogP contribution < -0.4 is 16.6 Å². The van der Waals surface area contributed by atoms with Crippen molar-refractivity contribution in [3.05, 3.63) is 60.1 Å². The third-order valence-electron chi connectivity index (χ3n) is 4.24. The Kier molecular flexibility index (Phi) is 5.47. The molecule has 2 atom stereocenters. The zero-order valence-electron chi connectivity index (χ0n) is 13.9. The molecular formula is C18H22N4O3.